The van der Waals surface area contributed by atoms with Gasteiger partial charge < -0.3 is 10.6 Å². The second-order valence-electron chi connectivity index (χ2n) is 5.18. The summed E-state index contributed by atoms with van der Waals surface area (Å²) in [5.41, 5.74) is 0.863. The van der Waals surface area contributed by atoms with Crippen LogP contribution in [-0.4, -0.2) is 38.5 Å². The average molecular weight is 364 g/mol. The number of aliphatic imine (C=N–C) groups is 1. The van der Waals surface area contributed by atoms with E-state index in [1.165, 1.54) is 0 Å². The molecule has 122 valence electrons. The van der Waals surface area contributed by atoms with Gasteiger partial charge in [0, 0.05) is 22.6 Å². The summed E-state index contributed by atoms with van der Waals surface area (Å²) in [6, 6.07) is 5.18. The van der Waals surface area contributed by atoms with Gasteiger partial charge in [-0.2, -0.15) is 0 Å². The highest BCUT2D eigenvalue weighted by Gasteiger charge is 2.28. The lowest BCUT2D eigenvalue weighted by atomic mass is 10.2. The summed E-state index contributed by atoms with van der Waals surface area (Å²) in [5.74, 6) is 0.974. The second-order valence-corrected chi connectivity index (χ2v) is 8.25. The normalized spacial score (nSPS) is 20.9. The molecule has 1 saturated heterocycles. The first-order valence-electron chi connectivity index (χ1n) is 7.09. The van der Waals surface area contributed by atoms with Gasteiger partial charge in [0.15, 0.2) is 15.8 Å². The van der Waals surface area contributed by atoms with Crippen LogP contribution in [0.4, 0.5) is 0 Å². The van der Waals surface area contributed by atoms with Crippen LogP contribution in [0.3, 0.4) is 0 Å². The molecule has 0 saturated carbocycles. The number of sulfone groups is 1. The van der Waals surface area contributed by atoms with Crippen LogP contribution in [0, 0.1) is 0 Å². The van der Waals surface area contributed by atoms with E-state index in [2.05, 4.69) is 15.6 Å². The summed E-state index contributed by atoms with van der Waals surface area (Å²) in [5, 5.41) is 7.42. The first kappa shape index (κ1) is 17.4. The molecule has 1 fully saturated rings. The SMILES string of the molecule is CCNC(=NCc1ccc(Cl)cc1Cl)NC1CCS(=O)(=O)C1. The zero-order chi connectivity index (χ0) is 16.2. The Kier molecular flexibility index (Phi) is 5.94. The van der Waals surface area contributed by atoms with Crippen LogP contribution in [0.5, 0.6) is 0 Å². The lowest BCUT2D eigenvalue weighted by Gasteiger charge is -2.16. The van der Waals surface area contributed by atoms with E-state index < -0.39 is 9.84 Å². The Balaban J connectivity index is 2.03. The Bertz CT molecular complexity index is 662. The van der Waals surface area contributed by atoms with E-state index in [1.807, 2.05) is 13.0 Å². The van der Waals surface area contributed by atoms with Crippen molar-refractivity contribution in [2.45, 2.75) is 25.9 Å². The molecule has 1 aromatic carbocycles. The van der Waals surface area contributed by atoms with Gasteiger partial charge in [0.1, 0.15) is 0 Å². The molecule has 0 aliphatic carbocycles. The molecule has 0 aromatic heterocycles. The fourth-order valence-corrected chi connectivity index (χ4v) is 4.38. The van der Waals surface area contributed by atoms with Crippen LogP contribution in [0.1, 0.15) is 18.9 Å². The maximum Gasteiger partial charge on any atom is 0.191 e. The molecular formula is C14H19Cl2N3O2S. The minimum atomic E-state index is -2.92. The number of rotatable bonds is 4. The van der Waals surface area contributed by atoms with Crippen LogP contribution in [0.2, 0.25) is 10.0 Å². The number of halogens is 2. The van der Waals surface area contributed by atoms with Crippen molar-refractivity contribution in [2.75, 3.05) is 18.1 Å². The third kappa shape index (κ3) is 5.04. The molecule has 5 nitrogen and oxygen atoms in total. The smallest absolute Gasteiger partial charge is 0.191 e. The molecule has 1 heterocycles. The topological polar surface area (TPSA) is 70.6 Å². The van der Waals surface area contributed by atoms with Crippen molar-refractivity contribution in [3.05, 3.63) is 33.8 Å². The zero-order valence-corrected chi connectivity index (χ0v) is 14.6. The fourth-order valence-electron chi connectivity index (χ4n) is 2.24. The number of hydrogen-bond donors (Lipinski definition) is 2. The van der Waals surface area contributed by atoms with E-state index in [9.17, 15) is 8.42 Å². The minimum Gasteiger partial charge on any atom is -0.357 e. The van der Waals surface area contributed by atoms with Crippen molar-refractivity contribution < 1.29 is 8.42 Å². The van der Waals surface area contributed by atoms with E-state index >= 15 is 0 Å². The molecule has 1 aliphatic rings. The standard InChI is InChI=1S/C14H19Cl2N3O2S/c1-2-17-14(19-12-5-6-22(20,21)9-12)18-8-10-3-4-11(15)7-13(10)16/h3-4,7,12H,2,5-6,8-9H2,1H3,(H2,17,18,19). The van der Waals surface area contributed by atoms with Crippen LogP contribution < -0.4 is 10.6 Å². The molecule has 8 heteroatoms. The summed E-state index contributed by atoms with van der Waals surface area (Å²) in [4.78, 5) is 4.46. The van der Waals surface area contributed by atoms with E-state index in [1.54, 1.807) is 12.1 Å². The first-order valence-corrected chi connectivity index (χ1v) is 9.66. The van der Waals surface area contributed by atoms with E-state index in [0.717, 1.165) is 5.56 Å². The summed E-state index contributed by atoms with van der Waals surface area (Å²) < 4.78 is 23.0. The molecule has 2 rings (SSSR count). The van der Waals surface area contributed by atoms with Crippen molar-refractivity contribution in [3.63, 3.8) is 0 Å². The number of guanidine groups is 1. The first-order chi connectivity index (χ1) is 10.4. The third-order valence-electron chi connectivity index (χ3n) is 3.34. The van der Waals surface area contributed by atoms with Crippen molar-refractivity contribution in [1.29, 1.82) is 0 Å². The van der Waals surface area contributed by atoms with E-state index in [4.69, 9.17) is 23.2 Å². The van der Waals surface area contributed by atoms with Gasteiger partial charge in [-0.05, 0) is 31.0 Å². The van der Waals surface area contributed by atoms with Gasteiger partial charge in [-0.25, -0.2) is 13.4 Å². The van der Waals surface area contributed by atoms with Crippen LogP contribution in [0.25, 0.3) is 0 Å². The Morgan fingerprint density at radius 3 is 2.77 bits per heavy atom. The maximum atomic E-state index is 11.5. The Hall–Kier alpha value is -0.980. The van der Waals surface area contributed by atoms with E-state index in [-0.39, 0.29) is 17.5 Å². The van der Waals surface area contributed by atoms with Crippen molar-refractivity contribution in [2.24, 2.45) is 4.99 Å². The Labute approximate surface area is 141 Å². The number of hydrogen-bond acceptors (Lipinski definition) is 3. The minimum absolute atomic E-state index is 0.0940. The molecule has 1 aliphatic heterocycles. The number of benzene rings is 1. The van der Waals surface area contributed by atoms with Gasteiger partial charge in [-0.15, -0.1) is 0 Å². The van der Waals surface area contributed by atoms with Gasteiger partial charge in [0.25, 0.3) is 0 Å². The Morgan fingerprint density at radius 2 is 2.18 bits per heavy atom. The highest BCUT2D eigenvalue weighted by atomic mass is 35.5. The van der Waals surface area contributed by atoms with Crippen molar-refractivity contribution in [3.8, 4) is 0 Å². The van der Waals surface area contributed by atoms with Gasteiger partial charge in [0.2, 0.25) is 0 Å². The maximum absolute atomic E-state index is 11.5. The molecule has 0 amide bonds. The summed E-state index contributed by atoms with van der Waals surface area (Å²) in [7, 11) is -2.92. The summed E-state index contributed by atoms with van der Waals surface area (Å²) >= 11 is 12.0. The molecular weight excluding hydrogens is 345 g/mol. The molecule has 1 atom stereocenters. The van der Waals surface area contributed by atoms with Gasteiger partial charge in [-0.3, -0.25) is 0 Å². The predicted octanol–water partition coefficient (Wildman–Crippen LogP) is 2.24. The van der Waals surface area contributed by atoms with Crippen molar-refractivity contribution >= 4 is 39.0 Å². The monoisotopic (exact) mass is 363 g/mol. The average Bonchev–Trinajstić information content (AvgIpc) is 2.77. The number of nitrogens with zero attached hydrogens (tertiary/aromatic N) is 1. The largest absolute Gasteiger partial charge is 0.357 e. The summed E-state index contributed by atoms with van der Waals surface area (Å²) in [6.07, 6.45) is 0.606. The summed E-state index contributed by atoms with van der Waals surface area (Å²) in [6.45, 7) is 3.04. The Morgan fingerprint density at radius 1 is 1.41 bits per heavy atom. The van der Waals surface area contributed by atoms with E-state index in [0.29, 0.717) is 35.5 Å². The molecule has 1 unspecified atom stereocenters. The molecule has 2 N–H and O–H groups in total. The fraction of sp³-hybridized carbons (Fsp3) is 0.500. The second kappa shape index (κ2) is 7.53. The highest BCUT2D eigenvalue weighted by Crippen LogP contribution is 2.21. The van der Waals surface area contributed by atoms with Gasteiger partial charge >= 0.3 is 0 Å². The van der Waals surface area contributed by atoms with Gasteiger partial charge in [-0.1, -0.05) is 29.3 Å². The number of nitrogens with one attached hydrogen (secondary N) is 2. The van der Waals surface area contributed by atoms with Crippen LogP contribution in [0.15, 0.2) is 23.2 Å². The lowest BCUT2D eigenvalue weighted by Crippen LogP contribution is -2.44. The molecule has 22 heavy (non-hydrogen) atoms. The highest BCUT2D eigenvalue weighted by molar-refractivity contribution is 7.91. The lowest BCUT2D eigenvalue weighted by molar-refractivity contribution is 0.599. The van der Waals surface area contributed by atoms with Crippen LogP contribution >= 0.6 is 23.2 Å². The third-order valence-corrected chi connectivity index (χ3v) is 5.70. The predicted molar refractivity (Wildman–Crippen MR) is 91.5 cm³/mol. The zero-order valence-electron chi connectivity index (χ0n) is 12.3. The quantitative estimate of drug-likeness (QED) is 0.635. The van der Waals surface area contributed by atoms with Crippen LogP contribution in [-0.2, 0) is 16.4 Å². The molecule has 1 aromatic rings. The van der Waals surface area contributed by atoms with Gasteiger partial charge in [0.05, 0.1) is 18.1 Å². The molecule has 0 bridgehead atoms. The molecule has 0 spiro atoms. The molecule has 0 radical (unpaired) electrons. The van der Waals surface area contributed by atoms with Crippen molar-refractivity contribution in [1.82, 2.24) is 10.6 Å².